The number of hydrogen-bond donors (Lipinski definition) is 0. The fraction of sp³-hybridized carbons (Fsp3) is 0.737. The predicted octanol–water partition coefficient (Wildman–Crippen LogP) is 11.7. The van der Waals surface area contributed by atoms with Crippen LogP contribution < -0.4 is 0 Å². The zero-order valence-electron chi connectivity index (χ0n) is 27.1. The lowest BCUT2D eigenvalue weighted by Gasteiger charge is -2.02. The molecule has 0 radical (unpaired) electrons. The Morgan fingerprint density at radius 2 is 0.575 bits per heavy atom. The van der Waals surface area contributed by atoms with Crippen molar-refractivity contribution in [2.45, 2.75) is 168 Å². The summed E-state index contributed by atoms with van der Waals surface area (Å²) in [6.07, 6.45) is 55.5. The molecule has 1 heterocycles. The van der Waals surface area contributed by atoms with Crippen LogP contribution in [0.5, 0.6) is 0 Å². The summed E-state index contributed by atoms with van der Waals surface area (Å²) < 4.78 is 4.66. The van der Waals surface area contributed by atoms with Gasteiger partial charge in [-0.05, 0) is 12.8 Å². The highest BCUT2D eigenvalue weighted by Crippen LogP contribution is 2.13. The van der Waals surface area contributed by atoms with E-state index >= 15 is 0 Å². The standard InChI is InChI=1S/C38H68N2/c1-3-5-7-9-11-13-15-17-19-21-23-27-33-39-35-29-25-31-37-40(38-32-26-30-36-39)34-28-24-22-20-18-16-14-12-10-8-6-4-2/h25-26,29-32,35-38H,3-24,27-28,33-34H2,1-2H3/q+2/b29-25-,30-26?,31-25?,32-26+,35-29?,36-30-,37-31+,38-32?,39-35-,39-36?,40-37?,40-38-. The second-order valence-electron chi connectivity index (χ2n) is 12.0. The van der Waals surface area contributed by atoms with Crippen molar-refractivity contribution in [1.29, 1.82) is 0 Å². The van der Waals surface area contributed by atoms with Crippen LogP contribution in [-0.4, -0.2) is 34.7 Å². The molecule has 0 aromatic rings. The van der Waals surface area contributed by atoms with E-state index in [1.54, 1.807) is 0 Å². The first-order valence-electron chi connectivity index (χ1n) is 17.7. The smallest absolute Gasteiger partial charge is 0.168 e. The van der Waals surface area contributed by atoms with Crippen molar-refractivity contribution in [2.75, 3.05) is 13.1 Å². The summed E-state index contributed by atoms with van der Waals surface area (Å²) in [5.41, 5.74) is 0. The van der Waals surface area contributed by atoms with Gasteiger partial charge in [-0.15, -0.1) is 0 Å². The van der Waals surface area contributed by atoms with Crippen LogP contribution in [0, 0.1) is 0 Å². The van der Waals surface area contributed by atoms with Crippen LogP contribution in [0.2, 0.25) is 0 Å². The van der Waals surface area contributed by atoms with E-state index in [2.05, 4.69) is 84.3 Å². The molecule has 1 aliphatic rings. The van der Waals surface area contributed by atoms with E-state index in [1.165, 1.54) is 154 Å². The number of allylic oxidation sites excluding steroid dienone is 6. The highest BCUT2D eigenvalue weighted by molar-refractivity contribution is 5.68. The van der Waals surface area contributed by atoms with Crippen LogP contribution in [0.15, 0.2) is 48.9 Å². The second-order valence-corrected chi connectivity index (χ2v) is 12.0. The quantitative estimate of drug-likeness (QED) is 0.0743. The third-order valence-corrected chi connectivity index (χ3v) is 8.09. The lowest BCUT2D eigenvalue weighted by Crippen LogP contribution is -2.08. The molecular weight excluding hydrogens is 484 g/mol. The van der Waals surface area contributed by atoms with Gasteiger partial charge in [-0.3, -0.25) is 0 Å². The number of nitrogens with zero attached hydrogens (tertiary/aromatic N) is 2. The predicted molar refractivity (Wildman–Crippen MR) is 181 cm³/mol. The van der Waals surface area contributed by atoms with Crippen LogP contribution in [0.1, 0.15) is 168 Å². The molecule has 0 atom stereocenters. The van der Waals surface area contributed by atoms with Gasteiger partial charge in [-0.1, -0.05) is 154 Å². The minimum atomic E-state index is 1.10. The summed E-state index contributed by atoms with van der Waals surface area (Å²) in [5.74, 6) is 0. The Balaban J connectivity index is 2.13. The fourth-order valence-electron chi connectivity index (χ4n) is 5.44. The van der Waals surface area contributed by atoms with Crippen molar-refractivity contribution >= 4 is 12.4 Å². The minimum Gasteiger partial charge on any atom is -0.205 e. The second kappa shape index (κ2) is 30.3. The molecular formula is C38H68N2+2. The van der Waals surface area contributed by atoms with Gasteiger partial charge in [0, 0.05) is 37.1 Å². The highest BCUT2D eigenvalue weighted by Gasteiger charge is 2.01. The Labute approximate surface area is 251 Å². The Kier molecular flexibility index (Phi) is 27.5. The van der Waals surface area contributed by atoms with Crippen molar-refractivity contribution in [1.82, 2.24) is 0 Å². The molecule has 0 unspecified atom stereocenters. The third kappa shape index (κ3) is 25.3. The summed E-state index contributed by atoms with van der Waals surface area (Å²) in [5, 5.41) is 0. The van der Waals surface area contributed by atoms with E-state index in [9.17, 15) is 0 Å². The Hall–Kier alpha value is -1.70. The van der Waals surface area contributed by atoms with Crippen LogP contribution in [0.4, 0.5) is 0 Å². The summed E-state index contributed by atoms with van der Waals surface area (Å²) in [6.45, 7) is 6.80. The van der Waals surface area contributed by atoms with E-state index in [4.69, 9.17) is 0 Å². The fourth-order valence-corrected chi connectivity index (χ4v) is 5.44. The zero-order chi connectivity index (χ0) is 28.6. The average Bonchev–Trinajstić information content (AvgIpc) is 2.96. The molecule has 1 aliphatic heterocycles. The first kappa shape index (κ1) is 36.3. The van der Waals surface area contributed by atoms with Crippen LogP contribution >= 0.6 is 0 Å². The molecule has 228 valence electrons. The Morgan fingerprint density at radius 1 is 0.300 bits per heavy atom. The first-order chi connectivity index (χ1) is 19.9. The van der Waals surface area contributed by atoms with Crippen LogP contribution in [-0.2, 0) is 0 Å². The van der Waals surface area contributed by atoms with Gasteiger partial charge in [-0.2, -0.15) is 0 Å². The van der Waals surface area contributed by atoms with Crippen molar-refractivity contribution in [3.8, 4) is 0 Å². The molecule has 2 nitrogen and oxygen atoms in total. The van der Waals surface area contributed by atoms with Crippen LogP contribution in [0.3, 0.4) is 0 Å². The molecule has 0 fully saturated rings. The van der Waals surface area contributed by atoms with Gasteiger partial charge in [0.05, 0.1) is 0 Å². The highest BCUT2D eigenvalue weighted by atomic mass is 15.0. The molecule has 0 aromatic heterocycles. The first-order valence-corrected chi connectivity index (χ1v) is 17.7. The molecule has 2 heteroatoms. The molecule has 0 aromatic carbocycles. The largest absolute Gasteiger partial charge is 0.205 e. The maximum absolute atomic E-state index is 2.33. The van der Waals surface area contributed by atoms with Gasteiger partial charge in [-0.25, -0.2) is 9.15 Å². The monoisotopic (exact) mass is 553 g/mol. The van der Waals surface area contributed by atoms with Gasteiger partial charge in [0.1, 0.15) is 13.1 Å². The molecule has 0 amide bonds. The van der Waals surface area contributed by atoms with Crippen molar-refractivity contribution in [3.05, 3.63) is 48.9 Å². The molecule has 0 aliphatic carbocycles. The number of rotatable bonds is 26. The SMILES string of the molecule is CCCCCCCCCCCCCC[N+]1=C/C=C\C=C\[N+](CCCCCCCCCCCCCC)=C/C=C/C=C\1. The number of unbranched alkanes of at least 4 members (excludes halogenated alkanes) is 22. The summed E-state index contributed by atoms with van der Waals surface area (Å²) >= 11 is 0. The van der Waals surface area contributed by atoms with E-state index in [0.29, 0.717) is 0 Å². The summed E-state index contributed by atoms with van der Waals surface area (Å²) in [7, 11) is 0. The van der Waals surface area contributed by atoms with E-state index in [1.807, 2.05) is 0 Å². The van der Waals surface area contributed by atoms with Gasteiger partial charge >= 0.3 is 0 Å². The molecule has 0 bridgehead atoms. The topological polar surface area (TPSA) is 6.02 Å². The lowest BCUT2D eigenvalue weighted by atomic mass is 10.1. The van der Waals surface area contributed by atoms with E-state index < -0.39 is 0 Å². The van der Waals surface area contributed by atoms with E-state index in [-0.39, 0.29) is 0 Å². The third-order valence-electron chi connectivity index (χ3n) is 8.09. The van der Waals surface area contributed by atoms with Gasteiger partial charge in [0.25, 0.3) is 0 Å². The lowest BCUT2D eigenvalue weighted by molar-refractivity contribution is -0.452. The Bertz CT molecular complexity index is 660. The molecule has 40 heavy (non-hydrogen) atoms. The van der Waals surface area contributed by atoms with Crippen molar-refractivity contribution in [2.24, 2.45) is 0 Å². The minimum absolute atomic E-state index is 1.10. The maximum atomic E-state index is 2.33. The average molecular weight is 553 g/mol. The van der Waals surface area contributed by atoms with E-state index in [0.717, 1.165) is 13.1 Å². The maximum Gasteiger partial charge on any atom is 0.168 e. The van der Waals surface area contributed by atoms with Gasteiger partial charge in [0.15, 0.2) is 24.8 Å². The molecule has 0 spiro atoms. The zero-order valence-corrected chi connectivity index (χ0v) is 27.1. The molecule has 0 saturated carbocycles. The summed E-state index contributed by atoms with van der Waals surface area (Å²) in [6, 6.07) is 0. The van der Waals surface area contributed by atoms with Crippen molar-refractivity contribution < 1.29 is 9.15 Å². The summed E-state index contributed by atoms with van der Waals surface area (Å²) in [4.78, 5) is 0. The number of hydrogen-bond acceptors (Lipinski definition) is 0. The molecule has 1 rings (SSSR count). The normalized spacial score (nSPS) is 19.6. The van der Waals surface area contributed by atoms with Gasteiger partial charge < -0.3 is 0 Å². The van der Waals surface area contributed by atoms with Crippen LogP contribution in [0.25, 0.3) is 0 Å². The molecule has 0 saturated heterocycles. The Morgan fingerprint density at radius 3 is 0.875 bits per heavy atom. The van der Waals surface area contributed by atoms with Crippen molar-refractivity contribution in [3.63, 3.8) is 0 Å². The molecule has 0 N–H and O–H groups in total. The van der Waals surface area contributed by atoms with Gasteiger partial charge in [0.2, 0.25) is 0 Å².